The number of aromatic nitrogens is 2. The molecule has 2 aromatic heterocycles. The summed E-state index contributed by atoms with van der Waals surface area (Å²) >= 11 is 0. The van der Waals surface area contributed by atoms with Gasteiger partial charge < -0.3 is 25.1 Å². The lowest BCUT2D eigenvalue weighted by Crippen LogP contribution is -2.51. The standard InChI is InChI=1S/C55H47FN10O8S2/c56-41-13-22-48(67)40(33-41)35-63-25-27-64(28-26-63)53(68)38-8-18-44(19-9-38)62-76(73,74)50-23-20-45(46-4-2-24-58-52(46)50)47-21-12-37-3-1-5-49(51(37)60-47)75(71,72)61-43-16-10-39(11-17-43)54(69)65-29-31-66(32-30-65)55(70)59-42-14-6-36(34-57)7-15-42/h1-24,33,61-62,67H,25-32,35H2,(H,59,70). The number of pyridine rings is 2. The maximum Gasteiger partial charge on any atom is 0.321 e. The number of aromatic hydroxyl groups is 1. The lowest BCUT2D eigenvalue weighted by molar-refractivity contribution is 0.0626. The summed E-state index contributed by atoms with van der Waals surface area (Å²) in [6.45, 7) is 3.35. The number of piperazine rings is 2. The fraction of sp³-hybridized carbons (Fsp3) is 0.164. The fourth-order valence-electron chi connectivity index (χ4n) is 9.19. The Morgan fingerprint density at radius 2 is 1.20 bits per heavy atom. The molecule has 384 valence electrons. The van der Waals surface area contributed by atoms with Gasteiger partial charge in [0.25, 0.3) is 31.9 Å². The van der Waals surface area contributed by atoms with Crippen molar-refractivity contribution in [3.8, 4) is 23.1 Å². The van der Waals surface area contributed by atoms with Crippen LogP contribution in [0.3, 0.4) is 0 Å². The molecule has 4 heterocycles. The Hall–Kier alpha value is -8.97. The third-order valence-corrected chi connectivity index (χ3v) is 16.1. The highest BCUT2D eigenvalue weighted by molar-refractivity contribution is 7.93. The van der Waals surface area contributed by atoms with E-state index in [9.17, 15) is 40.7 Å². The minimum absolute atomic E-state index is 0.00726. The van der Waals surface area contributed by atoms with E-state index in [1.54, 1.807) is 93.6 Å². The van der Waals surface area contributed by atoms with Crippen molar-refractivity contribution >= 4 is 76.8 Å². The lowest BCUT2D eigenvalue weighted by atomic mass is 10.0. The second kappa shape index (κ2) is 21.1. The molecule has 0 aliphatic carbocycles. The van der Waals surface area contributed by atoms with Gasteiger partial charge in [-0.05, 0) is 115 Å². The number of halogens is 1. The van der Waals surface area contributed by atoms with Crippen LogP contribution in [0, 0.1) is 17.1 Å². The summed E-state index contributed by atoms with van der Waals surface area (Å²) in [6, 6.07) is 38.7. The number of rotatable bonds is 12. The summed E-state index contributed by atoms with van der Waals surface area (Å²) in [5.41, 5.74) is 3.75. The summed E-state index contributed by atoms with van der Waals surface area (Å²) in [5.74, 6) is -0.935. The van der Waals surface area contributed by atoms with Gasteiger partial charge in [0.05, 0.1) is 28.4 Å². The number of urea groups is 1. The van der Waals surface area contributed by atoms with Crippen LogP contribution in [0.15, 0.2) is 162 Å². The van der Waals surface area contributed by atoms with Crippen molar-refractivity contribution in [1.29, 1.82) is 5.26 Å². The van der Waals surface area contributed by atoms with Gasteiger partial charge in [-0.2, -0.15) is 5.26 Å². The molecule has 2 aliphatic rings. The molecule has 8 aromatic rings. The molecule has 18 nitrogen and oxygen atoms in total. The Labute approximate surface area is 436 Å². The molecule has 0 radical (unpaired) electrons. The van der Waals surface area contributed by atoms with E-state index in [1.165, 1.54) is 72.9 Å². The molecule has 2 aliphatic heterocycles. The first-order valence-corrected chi connectivity index (χ1v) is 27.0. The third-order valence-electron chi connectivity index (χ3n) is 13.3. The normalized spacial score (nSPS) is 14.3. The highest BCUT2D eigenvalue weighted by Gasteiger charge is 2.28. The Bertz CT molecular complexity index is 3830. The van der Waals surface area contributed by atoms with E-state index in [0.717, 1.165) is 0 Å². The molecule has 4 N–H and O–H groups in total. The minimum atomic E-state index is -4.26. The van der Waals surface area contributed by atoms with Crippen molar-refractivity contribution < 1.29 is 40.7 Å². The first-order chi connectivity index (χ1) is 36.6. The monoisotopic (exact) mass is 1060 g/mol. The number of nitrogens with one attached hydrogen (secondary N) is 3. The number of hydrogen-bond donors (Lipinski definition) is 4. The number of carbonyl (C=O) groups excluding carboxylic acids is 3. The van der Waals surface area contributed by atoms with E-state index >= 15 is 0 Å². The molecular weight excluding hydrogens is 1010 g/mol. The van der Waals surface area contributed by atoms with Crippen LogP contribution in [0.4, 0.5) is 26.2 Å². The predicted molar refractivity (Wildman–Crippen MR) is 284 cm³/mol. The summed E-state index contributed by atoms with van der Waals surface area (Å²) < 4.78 is 75.2. The Morgan fingerprint density at radius 1 is 0.618 bits per heavy atom. The SMILES string of the molecule is N#Cc1ccc(NC(=O)N2CCN(C(=O)c3ccc(NS(=O)(=O)c4cccc5ccc(-c6ccc(S(=O)(=O)Nc7ccc(C(=O)N8CCN(Cc9cc(F)ccc9O)CC8)cc7)c7ncccc67)nc45)cc3)CC2)cc1. The molecule has 4 amide bonds. The highest BCUT2D eigenvalue weighted by Crippen LogP contribution is 2.34. The lowest BCUT2D eigenvalue weighted by Gasteiger charge is -2.35. The average molecular weight is 1060 g/mol. The van der Waals surface area contributed by atoms with Crippen molar-refractivity contribution in [2.75, 3.05) is 67.1 Å². The zero-order valence-electron chi connectivity index (χ0n) is 40.4. The molecule has 0 saturated carbocycles. The van der Waals surface area contributed by atoms with Crippen LogP contribution in [0.25, 0.3) is 33.1 Å². The maximum atomic E-state index is 14.1. The summed E-state index contributed by atoms with van der Waals surface area (Å²) in [5, 5.41) is 22.9. The number of nitrogens with zero attached hydrogens (tertiary/aromatic N) is 7. The number of phenolic OH excluding ortho intramolecular Hbond substituents is 1. The number of amides is 4. The molecule has 76 heavy (non-hydrogen) atoms. The van der Waals surface area contributed by atoms with Crippen molar-refractivity contribution in [3.63, 3.8) is 0 Å². The van der Waals surface area contributed by atoms with Gasteiger partial charge in [-0.3, -0.25) is 28.9 Å². The summed E-state index contributed by atoms with van der Waals surface area (Å²) in [7, 11) is -8.52. The third kappa shape index (κ3) is 10.8. The fourth-order valence-corrected chi connectivity index (χ4v) is 11.6. The van der Waals surface area contributed by atoms with Crippen molar-refractivity contribution in [2.24, 2.45) is 0 Å². The first kappa shape index (κ1) is 50.6. The van der Waals surface area contributed by atoms with E-state index in [-0.39, 0.29) is 68.9 Å². The summed E-state index contributed by atoms with van der Waals surface area (Å²) in [6.07, 6.45) is 1.47. The van der Waals surface area contributed by atoms with Gasteiger partial charge in [-0.1, -0.05) is 30.3 Å². The number of fused-ring (bicyclic) bond motifs is 2. The molecule has 6 aromatic carbocycles. The maximum absolute atomic E-state index is 14.1. The molecule has 0 unspecified atom stereocenters. The molecule has 0 bridgehead atoms. The van der Waals surface area contributed by atoms with E-state index in [1.807, 2.05) is 11.0 Å². The number of hydrogen-bond acceptors (Lipinski definition) is 12. The second-order valence-electron chi connectivity index (χ2n) is 18.1. The van der Waals surface area contributed by atoms with Gasteiger partial charge in [-0.25, -0.2) is 31.0 Å². The van der Waals surface area contributed by atoms with Crippen LogP contribution in [-0.4, -0.2) is 122 Å². The van der Waals surface area contributed by atoms with Gasteiger partial charge >= 0.3 is 6.03 Å². The van der Waals surface area contributed by atoms with Crippen LogP contribution in [0.5, 0.6) is 5.75 Å². The zero-order chi connectivity index (χ0) is 53.1. The van der Waals surface area contributed by atoms with E-state index in [0.29, 0.717) is 95.8 Å². The molecule has 2 saturated heterocycles. The number of phenols is 1. The van der Waals surface area contributed by atoms with Crippen LogP contribution >= 0.6 is 0 Å². The molecule has 2 fully saturated rings. The van der Waals surface area contributed by atoms with Crippen LogP contribution in [-0.2, 0) is 26.6 Å². The number of benzene rings is 6. The van der Waals surface area contributed by atoms with Crippen LogP contribution in [0.1, 0.15) is 31.8 Å². The van der Waals surface area contributed by atoms with Crippen molar-refractivity contribution in [2.45, 2.75) is 16.3 Å². The largest absolute Gasteiger partial charge is 0.508 e. The smallest absolute Gasteiger partial charge is 0.321 e. The Kier molecular flexibility index (Phi) is 14.0. The van der Waals surface area contributed by atoms with Gasteiger partial charge in [-0.15, -0.1) is 0 Å². The van der Waals surface area contributed by atoms with E-state index in [4.69, 9.17) is 10.2 Å². The van der Waals surface area contributed by atoms with Gasteiger partial charge in [0.1, 0.15) is 21.4 Å². The van der Waals surface area contributed by atoms with Gasteiger partial charge in [0.2, 0.25) is 0 Å². The number of carbonyl (C=O) groups is 3. The second-order valence-corrected chi connectivity index (χ2v) is 21.4. The molecule has 0 atom stereocenters. The number of anilines is 3. The Balaban J connectivity index is 0.792. The molecule has 0 spiro atoms. The van der Waals surface area contributed by atoms with Crippen molar-refractivity contribution in [1.82, 2.24) is 29.6 Å². The highest BCUT2D eigenvalue weighted by atomic mass is 32.2. The average Bonchev–Trinajstić information content (AvgIpc) is 3.46. The molecule has 21 heteroatoms. The van der Waals surface area contributed by atoms with Gasteiger partial charge in [0, 0.05) is 115 Å². The van der Waals surface area contributed by atoms with Crippen molar-refractivity contribution in [3.05, 3.63) is 180 Å². The van der Waals surface area contributed by atoms with E-state index in [2.05, 4.69) is 19.7 Å². The van der Waals surface area contributed by atoms with Crippen LogP contribution < -0.4 is 14.8 Å². The predicted octanol–water partition coefficient (Wildman–Crippen LogP) is 7.72. The zero-order valence-corrected chi connectivity index (χ0v) is 42.1. The topological polar surface area (TPSA) is 238 Å². The molecule has 10 rings (SSSR count). The quantitative estimate of drug-likeness (QED) is 0.0920. The van der Waals surface area contributed by atoms with Crippen LogP contribution in [0.2, 0.25) is 0 Å². The number of sulfonamides is 2. The first-order valence-electron chi connectivity index (χ1n) is 24.0. The van der Waals surface area contributed by atoms with E-state index < -0.39 is 25.9 Å². The Morgan fingerprint density at radius 3 is 1.82 bits per heavy atom. The molecular formula is C55H47FN10O8S2. The van der Waals surface area contributed by atoms with Gasteiger partial charge in [0.15, 0.2) is 0 Å². The minimum Gasteiger partial charge on any atom is -0.508 e. The number of nitriles is 1. The summed E-state index contributed by atoms with van der Waals surface area (Å²) in [4.78, 5) is 55.7. The number of para-hydroxylation sites is 1.